The number of sulfonamides is 1. The van der Waals surface area contributed by atoms with Crippen molar-refractivity contribution in [2.45, 2.75) is 4.90 Å². The fourth-order valence-corrected chi connectivity index (χ4v) is 3.35. The summed E-state index contributed by atoms with van der Waals surface area (Å²) in [7, 11) is -0.272. The molecule has 0 saturated carbocycles. The molecule has 0 radical (unpaired) electrons. The zero-order valence-electron chi connectivity index (χ0n) is 16.4. The number of hydrogen-bond donors (Lipinski definition) is 2. The van der Waals surface area contributed by atoms with Gasteiger partial charge in [0.15, 0.2) is 6.61 Å². The minimum absolute atomic E-state index is 0.0294. The van der Waals surface area contributed by atoms with Crippen molar-refractivity contribution < 1.29 is 37.0 Å². The lowest BCUT2D eigenvalue weighted by Gasteiger charge is -2.12. The van der Waals surface area contributed by atoms with Gasteiger partial charge in [-0.3, -0.25) is 9.52 Å². The van der Waals surface area contributed by atoms with Crippen LogP contribution in [0.3, 0.4) is 0 Å². The van der Waals surface area contributed by atoms with Gasteiger partial charge in [-0.1, -0.05) is 0 Å². The van der Waals surface area contributed by atoms with Gasteiger partial charge in [0, 0.05) is 7.05 Å². The number of hydrogen-bond acceptors (Lipinski definition) is 8. The minimum atomic E-state index is -4.05. The van der Waals surface area contributed by atoms with E-state index in [4.69, 9.17) is 4.74 Å². The van der Waals surface area contributed by atoms with Crippen molar-refractivity contribution >= 4 is 33.6 Å². The largest absolute Gasteiger partial charge is 0.484 e. The quantitative estimate of drug-likeness (QED) is 0.589. The van der Waals surface area contributed by atoms with E-state index in [9.17, 15) is 22.8 Å². The number of rotatable bonds is 8. The SMILES string of the molecule is CNC(=O)COc1ccc(S(=O)(=O)Nc2cc(C(=O)OC)cc(C(=O)OC)c2)cc1. The first-order valence-corrected chi connectivity index (χ1v) is 9.96. The first-order valence-electron chi connectivity index (χ1n) is 8.48. The topological polar surface area (TPSA) is 137 Å². The average molecular weight is 436 g/mol. The Hall–Kier alpha value is -3.60. The second-order valence-corrected chi connectivity index (χ2v) is 7.50. The van der Waals surface area contributed by atoms with Crippen molar-refractivity contribution in [3.8, 4) is 5.75 Å². The van der Waals surface area contributed by atoms with Gasteiger partial charge in [0.2, 0.25) is 0 Å². The van der Waals surface area contributed by atoms with E-state index in [2.05, 4.69) is 19.5 Å². The van der Waals surface area contributed by atoms with E-state index in [0.717, 1.165) is 14.2 Å². The molecule has 0 saturated heterocycles. The van der Waals surface area contributed by atoms with Crippen LogP contribution in [0.25, 0.3) is 0 Å². The van der Waals surface area contributed by atoms with E-state index >= 15 is 0 Å². The van der Waals surface area contributed by atoms with Gasteiger partial charge < -0.3 is 19.5 Å². The Kier molecular flexibility index (Phi) is 7.37. The highest BCUT2D eigenvalue weighted by molar-refractivity contribution is 7.92. The van der Waals surface area contributed by atoms with Crippen LogP contribution in [0.5, 0.6) is 5.75 Å². The predicted molar refractivity (Wildman–Crippen MR) is 106 cm³/mol. The summed E-state index contributed by atoms with van der Waals surface area (Å²) in [5.74, 6) is -1.53. The zero-order valence-corrected chi connectivity index (χ0v) is 17.2. The van der Waals surface area contributed by atoms with Crippen LogP contribution in [0.1, 0.15) is 20.7 Å². The van der Waals surface area contributed by atoms with Crippen LogP contribution in [0.2, 0.25) is 0 Å². The molecule has 0 aliphatic carbocycles. The summed E-state index contributed by atoms with van der Waals surface area (Å²) in [6, 6.07) is 9.05. The van der Waals surface area contributed by atoms with Crippen LogP contribution in [-0.4, -0.2) is 54.1 Å². The van der Waals surface area contributed by atoms with E-state index < -0.39 is 22.0 Å². The van der Waals surface area contributed by atoms with Crippen LogP contribution in [0.4, 0.5) is 5.69 Å². The van der Waals surface area contributed by atoms with Gasteiger partial charge in [0.25, 0.3) is 15.9 Å². The van der Waals surface area contributed by atoms with Gasteiger partial charge in [0.05, 0.1) is 35.9 Å². The first-order chi connectivity index (χ1) is 14.2. The summed E-state index contributed by atoms with van der Waals surface area (Å²) >= 11 is 0. The van der Waals surface area contributed by atoms with Gasteiger partial charge in [-0.05, 0) is 42.5 Å². The summed E-state index contributed by atoms with van der Waals surface area (Å²) in [6.07, 6.45) is 0. The standard InChI is InChI=1S/C19H20N2O8S/c1-20-17(22)11-29-15-4-6-16(7-5-15)30(25,26)21-14-9-12(18(23)27-2)8-13(10-14)19(24)28-3/h4-10,21H,11H2,1-3H3,(H,20,22). The highest BCUT2D eigenvalue weighted by Gasteiger charge is 2.19. The number of carbonyl (C=O) groups excluding carboxylic acids is 3. The number of esters is 2. The van der Waals surface area contributed by atoms with Crippen molar-refractivity contribution in [3.63, 3.8) is 0 Å². The molecule has 0 unspecified atom stereocenters. The highest BCUT2D eigenvalue weighted by atomic mass is 32.2. The molecular weight excluding hydrogens is 416 g/mol. The van der Waals surface area contributed by atoms with Crippen molar-refractivity contribution in [2.24, 2.45) is 0 Å². The summed E-state index contributed by atoms with van der Waals surface area (Å²) in [4.78, 5) is 34.8. The predicted octanol–water partition coefficient (Wildman–Crippen LogP) is 1.19. The van der Waals surface area contributed by atoms with Crippen LogP contribution in [0.15, 0.2) is 47.4 Å². The second-order valence-electron chi connectivity index (χ2n) is 5.82. The molecule has 0 atom stereocenters. The Balaban J connectivity index is 2.28. The van der Waals surface area contributed by atoms with E-state index in [-0.39, 0.29) is 34.2 Å². The molecule has 0 bridgehead atoms. The normalized spacial score (nSPS) is 10.6. The molecule has 2 N–H and O–H groups in total. The smallest absolute Gasteiger partial charge is 0.337 e. The molecule has 0 fully saturated rings. The fourth-order valence-electron chi connectivity index (χ4n) is 2.31. The molecule has 0 aromatic heterocycles. The van der Waals surface area contributed by atoms with Gasteiger partial charge in [-0.2, -0.15) is 0 Å². The second kappa shape index (κ2) is 9.74. The van der Waals surface area contributed by atoms with Crippen molar-refractivity contribution in [3.05, 3.63) is 53.6 Å². The molecule has 2 aromatic rings. The van der Waals surface area contributed by atoms with E-state index in [1.807, 2.05) is 0 Å². The average Bonchev–Trinajstić information content (AvgIpc) is 2.75. The third-order valence-corrected chi connectivity index (χ3v) is 5.21. The molecule has 160 valence electrons. The molecule has 0 spiro atoms. The molecule has 0 heterocycles. The maximum atomic E-state index is 12.7. The van der Waals surface area contributed by atoms with E-state index in [1.165, 1.54) is 49.5 Å². The Labute approximate surface area is 173 Å². The lowest BCUT2D eigenvalue weighted by Crippen LogP contribution is -2.24. The minimum Gasteiger partial charge on any atom is -0.484 e. The maximum absolute atomic E-state index is 12.7. The molecule has 0 aliphatic rings. The molecule has 30 heavy (non-hydrogen) atoms. The number of likely N-dealkylation sites (N-methyl/N-ethyl adjacent to an activating group) is 1. The number of ether oxygens (including phenoxy) is 3. The molecule has 2 rings (SSSR count). The van der Waals surface area contributed by atoms with Crippen LogP contribution < -0.4 is 14.8 Å². The van der Waals surface area contributed by atoms with Crippen molar-refractivity contribution in [2.75, 3.05) is 32.6 Å². The molecule has 11 heteroatoms. The number of methoxy groups -OCH3 is 2. The Morgan fingerprint density at radius 2 is 1.43 bits per heavy atom. The lowest BCUT2D eigenvalue weighted by molar-refractivity contribution is -0.122. The molecular formula is C19H20N2O8S. The van der Waals surface area contributed by atoms with Gasteiger partial charge >= 0.3 is 11.9 Å². The maximum Gasteiger partial charge on any atom is 0.337 e. The monoisotopic (exact) mass is 436 g/mol. The number of anilines is 1. The molecule has 2 aromatic carbocycles. The summed E-state index contributed by atoms with van der Waals surface area (Å²) in [5.41, 5.74) is -0.0923. The number of benzene rings is 2. The van der Waals surface area contributed by atoms with Crippen molar-refractivity contribution in [1.29, 1.82) is 0 Å². The van der Waals surface area contributed by atoms with Gasteiger partial charge in [-0.25, -0.2) is 18.0 Å². The number of amides is 1. The summed E-state index contributed by atoms with van der Waals surface area (Å²) in [5, 5.41) is 2.40. The van der Waals surface area contributed by atoms with Crippen LogP contribution in [-0.2, 0) is 24.3 Å². The lowest BCUT2D eigenvalue weighted by atomic mass is 10.1. The molecule has 0 aliphatic heterocycles. The zero-order chi connectivity index (χ0) is 22.3. The molecule has 1 amide bonds. The fraction of sp³-hybridized carbons (Fsp3) is 0.211. The Morgan fingerprint density at radius 1 is 0.900 bits per heavy atom. The van der Waals surface area contributed by atoms with Gasteiger partial charge in [-0.15, -0.1) is 0 Å². The third kappa shape index (κ3) is 5.70. The van der Waals surface area contributed by atoms with Crippen LogP contribution in [0, 0.1) is 0 Å². The van der Waals surface area contributed by atoms with E-state index in [1.54, 1.807) is 0 Å². The van der Waals surface area contributed by atoms with Crippen molar-refractivity contribution in [1.82, 2.24) is 5.32 Å². The Morgan fingerprint density at radius 3 is 1.90 bits per heavy atom. The highest BCUT2D eigenvalue weighted by Crippen LogP contribution is 2.22. The van der Waals surface area contributed by atoms with E-state index in [0.29, 0.717) is 5.75 Å². The summed E-state index contributed by atoms with van der Waals surface area (Å²) < 4.78 is 42.1. The number of nitrogens with one attached hydrogen (secondary N) is 2. The van der Waals surface area contributed by atoms with Crippen LogP contribution >= 0.6 is 0 Å². The summed E-state index contributed by atoms with van der Waals surface area (Å²) in [6.45, 7) is -0.211. The molecule has 10 nitrogen and oxygen atoms in total. The number of carbonyl (C=O) groups is 3. The third-order valence-electron chi connectivity index (χ3n) is 3.81. The van der Waals surface area contributed by atoms with Gasteiger partial charge in [0.1, 0.15) is 5.75 Å². The Bertz CT molecular complexity index is 1010. The first kappa shape index (κ1) is 22.7.